The van der Waals surface area contributed by atoms with Crippen LogP contribution in [0.3, 0.4) is 0 Å². The van der Waals surface area contributed by atoms with Gasteiger partial charge in [-0.3, -0.25) is 0 Å². The Morgan fingerprint density at radius 2 is 1.13 bits per heavy atom. The number of ether oxygens (including phenoxy) is 6. The summed E-state index contributed by atoms with van der Waals surface area (Å²) in [6.45, 7) is 23.0. The average Bonchev–Trinajstić information content (AvgIpc) is 3.30. The van der Waals surface area contributed by atoms with Crippen LogP contribution in [0.2, 0.25) is 10.1 Å². The first-order valence-electron chi connectivity index (χ1n) is 25.9. The topological polar surface area (TPSA) is 94.1 Å². The van der Waals surface area contributed by atoms with Crippen molar-refractivity contribution in [2.45, 2.75) is 186 Å². The minimum atomic E-state index is -3.20. The summed E-state index contributed by atoms with van der Waals surface area (Å²) in [6.07, 6.45) is 5.67. The highest BCUT2D eigenvalue weighted by molar-refractivity contribution is 7.00. The van der Waals surface area contributed by atoms with Crippen molar-refractivity contribution in [1.29, 1.82) is 0 Å². The maximum Gasteiger partial charge on any atom is 0.261 e. The maximum atomic E-state index is 9.81. The molecule has 0 aromatic heterocycles. The fourth-order valence-corrected chi connectivity index (χ4v) is 20.7. The number of aliphatic hydroxyl groups is 1. The molecule has 0 amide bonds. The number of hydrogen-bond acceptors (Lipinski definition) is 9. The summed E-state index contributed by atoms with van der Waals surface area (Å²) in [7, 11) is -4.54. The number of methoxy groups -OCH3 is 1. The van der Waals surface area contributed by atoms with E-state index in [0.29, 0.717) is 38.7 Å². The summed E-state index contributed by atoms with van der Waals surface area (Å²) in [5, 5.41) is 14.2. The third-order valence-corrected chi connectivity index (χ3v) is 24.4. The van der Waals surface area contributed by atoms with Crippen molar-refractivity contribution in [2.24, 2.45) is 5.92 Å². The van der Waals surface area contributed by atoms with Gasteiger partial charge in [0.15, 0.2) is 12.1 Å². The third-order valence-electron chi connectivity index (χ3n) is 14.3. The number of benzene rings is 4. The molecule has 380 valence electrons. The van der Waals surface area contributed by atoms with Gasteiger partial charge in [-0.15, -0.1) is 0 Å². The smallest absolute Gasteiger partial charge is 0.261 e. The van der Waals surface area contributed by atoms with Crippen LogP contribution < -0.4 is 20.7 Å². The predicted octanol–water partition coefficient (Wildman–Crippen LogP) is 10.3. The van der Waals surface area contributed by atoms with Crippen molar-refractivity contribution in [3.05, 3.63) is 121 Å². The molecule has 69 heavy (non-hydrogen) atoms. The summed E-state index contributed by atoms with van der Waals surface area (Å²) in [5.41, 5.74) is 0. The van der Waals surface area contributed by atoms with Gasteiger partial charge in [-0.1, -0.05) is 189 Å². The molecule has 0 bridgehead atoms. The highest BCUT2D eigenvalue weighted by Gasteiger charge is 2.55. The molecule has 0 saturated carbocycles. The lowest BCUT2D eigenvalue weighted by Gasteiger charge is -2.50. The van der Waals surface area contributed by atoms with E-state index < -0.39 is 28.5 Å². The van der Waals surface area contributed by atoms with E-state index in [1.807, 2.05) is 20.8 Å². The van der Waals surface area contributed by atoms with E-state index in [0.717, 1.165) is 25.7 Å². The Bertz CT molecular complexity index is 1980. The van der Waals surface area contributed by atoms with E-state index >= 15 is 0 Å². The Morgan fingerprint density at radius 1 is 0.652 bits per heavy atom. The zero-order chi connectivity index (χ0) is 49.7. The molecular weight excluding hydrogens is 897 g/mol. The Kier molecular flexibility index (Phi) is 20.1. The normalized spacial score (nSPS) is 22.8. The second-order valence-electron chi connectivity index (χ2n) is 22.0. The molecule has 0 aliphatic carbocycles. The van der Waals surface area contributed by atoms with Crippen LogP contribution in [-0.4, -0.2) is 97.6 Å². The van der Waals surface area contributed by atoms with Gasteiger partial charge in [0.25, 0.3) is 16.6 Å². The molecule has 2 unspecified atom stereocenters. The molecule has 2 saturated heterocycles. The first-order valence-corrected chi connectivity index (χ1v) is 29.7. The molecule has 4 aromatic rings. The van der Waals surface area contributed by atoms with Gasteiger partial charge in [0.2, 0.25) is 0 Å². The van der Waals surface area contributed by atoms with Gasteiger partial charge in [-0.2, -0.15) is 0 Å². The molecular formula is C58H86O9Si2. The van der Waals surface area contributed by atoms with Crippen molar-refractivity contribution in [1.82, 2.24) is 0 Å². The second kappa shape index (κ2) is 25.1. The van der Waals surface area contributed by atoms with E-state index in [4.69, 9.17) is 37.3 Å². The van der Waals surface area contributed by atoms with Crippen LogP contribution in [0, 0.1) is 5.92 Å². The summed E-state index contributed by atoms with van der Waals surface area (Å²) in [4.78, 5) is 0. The summed E-state index contributed by atoms with van der Waals surface area (Å²) >= 11 is 0. The predicted molar refractivity (Wildman–Crippen MR) is 284 cm³/mol. The van der Waals surface area contributed by atoms with Gasteiger partial charge in [-0.25, -0.2) is 0 Å². The van der Waals surface area contributed by atoms with E-state index in [2.05, 4.69) is 170 Å². The summed E-state index contributed by atoms with van der Waals surface area (Å²) in [6, 6.07) is 43.8. The van der Waals surface area contributed by atoms with Crippen molar-refractivity contribution in [2.75, 3.05) is 27.1 Å². The number of aliphatic hydroxyl groups excluding tert-OH is 1. The minimum absolute atomic E-state index is 0.0651. The molecule has 2 heterocycles. The van der Waals surface area contributed by atoms with Crippen LogP contribution in [-0.2, 0) is 37.3 Å². The fourth-order valence-electron chi connectivity index (χ4n) is 11.4. The zero-order valence-electron chi connectivity index (χ0n) is 43.9. The Hall–Kier alpha value is -3.05. The Morgan fingerprint density at radius 3 is 1.61 bits per heavy atom. The molecule has 6 rings (SSSR count). The first kappa shape index (κ1) is 55.3. The van der Waals surface area contributed by atoms with Crippen LogP contribution in [0.15, 0.2) is 121 Å². The fraction of sp³-hybridized carbons (Fsp3) is 0.586. The number of rotatable bonds is 24. The van der Waals surface area contributed by atoms with E-state index in [1.165, 1.54) is 20.7 Å². The number of hydrogen-bond donors (Lipinski definition) is 1. The molecule has 2 fully saturated rings. The summed E-state index contributed by atoms with van der Waals surface area (Å²) in [5.74, 6) is -1.11. The van der Waals surface area contributed by atoms with Crippen LogP contribution >= 0.6 is 0 Å². The highest BCUT2D eigenvalue weighted by Crippen LogP contribution is 2.43. The zero-order valence-corrected chi connectivity index (χ0v) is 45.9. The van der Waals surface area contributed by atoms with Gasteiger partial charge < -0.3 is 42.4 Å². The average molecular weight is 983 g/mol. The Labute approximate surface area is 418 Å². The van der Waals surface area contributed by atoms with Crippen molar-refractivity contribution in [3.63, 3.8) is 0 Å². The molecule has 1 N–H and O–H groups in total. The van der Waals surface area contributed by atoms with Crippen LogP contribution in [0.4, 0.5) is 0 Å². The molecule has 0 spiro atoms. The molecule has 2 aliphatic rings. The monoisotopic (exact) mass is 983 g/mol. The van der Waals surface area contributed by atoms with Gasteiger partial charge >= 0.3 is 0 Å². The maximum absolute atomic E-state index is 9.81. The van der Waals surface area contributed by atoms with Crippen LogP contribution in [0.25, 0.3) is 0 Å². The second-order valence-corrected chi connectivity index (χ2v) is 30.5. The minimum Gasteiger partial charge on any atom is -0.407 e. The number of unbranched alkanes of at least 4 members (excludes halogenated alkanes) is 2. The molecule has 2 aliphatic heterocycles. The van der Waals surface area contributed by atoms with Crippen LogP contribution in [0.5, 0.6) is 0 Å². The lowest BCUT2D eigenvalue weighted by atomic mass is 9.87. The highest BCUT2D eigenvalue weighted by atomic mass is 28.4. The van der Waals surface area contributed by atoms with Crippen molar-refractivity contribution in [3.8, 4) is 0 Å². The Balaban J connectivity index is 1.54. The van der Waals surface area contributed by atoms with Gasteiger partial charge in [-0.05, 0) is 70.9 Å². The summed E-state index contributed by atoms with van der Waals surface area (Å²) < 4.78 is 55.5. The van der Waals surface area contributed by atoms with E-state index in [9.17, 15) is 5.11 Å². The van der Waals surface area contributed by atoms with E-state index in [-0.39, 0.29) is 66.2 Å². The van der Waals surface area contributed by atoms with Crippen molar-refractivity contribution < 1.29 is 42.4 Å². The molecule has 9 nitrogen and oxygen atoms in total. The van der Waals surface area contributed by atoms with Crippen molar-refractivity contribution >= 4 is 37.4 Å². The largest absolute Gasteiger partial charge is 0.407 e. The van der Waals surface area contributed by atoms with Gasteiger partial charge in [0.1, 0.15) is 6.79 Å². The molecule has 0 radical (unpaired) electrons. The van der Waals surface area contributed by atoms with Gasteiger partial charge in [0, 0.05) is 45.5 Å². The molecule has 8 atom stereocenters. The first-order chi connectivity index (χ1) is 33.0. The quantitative estimate of drug-likeness (QED) is 0.0419. The third kappa shape index (κ3) is 13.9. The SMILES string of the molecule is CCCCC[C@@H](OCOC)[C@@H](CO[Si](c1ccccc1)(c1ccccc1)C(C)(C)C)[C@H](CC1CC(C[C@@H]2C[C@H](CCO)O[C@H](C)O2)OC(C)(C)O1)O[Si](c1ccccc1)(c1ccccc1)C(C)(C)C. The van der Waals surface area contributed by atoms with Gasteiger partial charge in [0.05, 0.1) is 36.6 Å². The standard InChI is InChI=1S/C58H86O9Si2/c1-12-13-18-35-54(61-43-60-11)53(42-62-68(56(3,4)5,49-27-19-14-20-28-49)50-29-21-15-22-30-50)55(67-69(57(6,7)8,51-31-23-16-24-32-51)52-33-25-17-26-34-52)41-48-40-47(65-58(9,10)66-48)39-46-38-45(36-37-59)63-44(2)64-46/h14-17,19-34,44-48,53-55,59H,12-13,18,35-43H2,1-11H3/t44-,45-,46-,47?,48?,53+,54+,55-/m0/s1. The lowest BCUT2D eigenvalue weighted by Crippen LogP contribution is -2.69. The molecule has 4 aromatic carbocycles. The van der Waals surface area contributed by atoms with Crippen LogP contribution in [0.1, 0.15) is 127 Å². The lowest BCUT2D eigenvalue weighted by molar-refractivity contribution is -0.312. The molecule has 11 heteroatoms. The van der Waals surface area contributed by atoms with E-state index in [1.54, 1.807) is 7.11 Å².